The highest BCUT2D eigenvalue weighted by Gasteiger charge is 2.23. The van der Waals surface area contributed by atoms with Crippen LogP contribution in [0.15, 0.2) is 71.1 Å². The number of nitrogens with zero attached hydrogens (tertiary/aromatic N) is 4. The van der Waals surface area contributed by atoms with Gasteiger partial charge < -0.3 is 24.9 Å². The molecule has 2 aliphatic rings. The first-order valence-corrected chi connectivity index (χ1v) is 14.6. The summed E-state index contributed by atoms with van der Waals surface area (Å²) in [6, 6.07) is 22.3. The van der Waals surface area contributed by atoms with Gasteiger partial charge in [0.2, 0.25) is 5.95 Å². The number of anilines is 3. The molecule has 0 bridgehead atoms. The first-order chi connectivity index (χ1) is 19.5. The Morgan fingerprint density at radius 3 is 2.58 bits per heavy atom. The third kappa shape index (κ3) is 6.24. The second-order valence-corrected chi connectivity index (χ2v) is 11.5. The van der Waals surface area contributed by atoms with Crippen LogP contribution in [-0.4, -0.2) is 34.7 Å². The maximum atomic E-state index is 6.01. The molecule has 6 rings (SSSR count). The number of furan rings is 1. The molecular weight excluding hydrogens is 540 g/mol. The molecule has 40 heavy (non-hydrogen) atoms. The number of halogens is 1. The molecule has 2 aliphatic heterocycles. The van der Waals surface area contributed by atoms with Crippen molar-refractivity contribution in [2.24, 2.45) is 5.92 Å². The molecule has 7 nitrogen and oxygen atoms in total. The minimum Gasteiger partial charge on any atom is -0.459 e. The largest absolute Gasteiger partial charge is 0.459 e. The number of rotatable bonds is 6. The van der Waals surface area contributed by atoms with Gasteiger partial charge in [-0.15, -0.1) is 0 Å². The maximum absolute atomic E-state index is 6.01. The molecule has 2 aromatic heterocycles. The molecule has 2 aromatic carbocycles. The van der Waals surface area contributed by atoms with Crippen molar-refractivity contribution in [3.8, 4) is 11.3 Å². The lowest BCUT2D eigenvalue weighted by Crippen LogP contribution is -2.36. The zero-order valence-electron chi connectivity index (χ0n) is 22.6. The van der Waals surface area contributed by atoms with Crippen molar-refractivity contribution in [1.82, 2.24) is 15.3 Å². The van der Waals surface area contributed by atoms with Crippen molar-refractivity contribution >= 4 is 46.5 Å². The van der Waals surface area contributed by atoms with Gasteiger partial charge in [-0.05, 0) is 84.9 Å². The molecule has 9 heteroatoms. The van der Waals surface area contributed by atoms with Crippen LogP contribution in [0, 0.1) is 5.92 Å². The minimum absolute atomic E-state index is 0.443. The van der Waals surface area contributed by atoms with Gasteiger partial charge in [-0.25, -0.2) is 0 Å². The van der Waals surface area contributed by atoms with Crippen LogP contribution in [-0.2, 0) is 19.5 Å². The van der Waals surface area contributed by atoms with Crippen LogP contribution in [0.2, 0.25) is 5.02 Å². The Balaban J connectivity index is 1.17. The average Bonchev–Trinajstić information content (AvgIpc) is 3.45. The van der Waals surface area contributed by atoms with Crippen LogP contribution in [0.5, 0.6) is 0 Å². The summed E-state index contributed by atoms with van der Waals surface area (Å²) in [5.41, 5.74) is 3.74. The topological polar surface area (TPSA) is 69.5 Å². The number of benzene rings is 2. The molecule has 0 amide bonds. The Kier molecular flexibility index (Phi) is 7.89. The standard InChI is InChI=1S/C31H33ClN6OS/c1-21-5-4-15-37(19-21)28-17-29(38-16-14-22-6-2-3-7-24(22)20-38)35-30(34-28)36-31(40)33-18-26-12-13-27(39-26)23-8-10-25(32)11-9-23/h2-3,6-13,17,21H,4-5,14-16,18-20H2,1H3,(H2,33,34,35,36,40). The lowest BCUT2D eigenvalue weighted by atomic mass is 10.00. The molecule has 1 atom stereocenters. The van der Waals surface area contributed by atoms with Crippen molar-refractivity contribution < 1.29 is 4.42 Å². The molecular formula is C31H33ClN6OS. The molecule has 206 valence electrons. The predicted octanol–water partition coefficient (Wildman–Crippen LogP) is 6.68. The number of fused-ring (bicyclic) bond motifs is 1. The number of aromatic nitrogens is 2. The predicted molar refractivity (Wildman–Crippen MR) is 166 cm³/mol. The summed E-state index contributed by atoms with van der Waals surface area (Å²) in [7, 11) is 0. The molecule has 0 radical (unpaired) electrons. The Hall–Kier alpha value is -3.62. The number of nitrogens with one attached hydrogen (secondary N) is 2. The van der Waals surface area contributed by atoms with Gasteiger partial charge in [-0.1, -0.05) is 42.8 Å². The summed E-state index contributed by atoms with van der Waals surface area (Å²) in [6.07, 6.45) is 3.42. The molecule has 4 heterocycles. The van der Waals surface area contributed by atoms with Crippen LogP contribution in [0.3, 0.4) is 0 Å². The van der Waals surface area contributed by atoms with E-state index in [1.54, 1.807) is 0 Å². The fourth-order valence-electron chi connectivity index (χ4n) is 5.45. The zero-order chi connectivity index (χ0) is 27.5. The van der Waals surface area contributed by atoms with Gasteiger partial charge in [0.05, 0.1) is 6.54 Å². The highest BCUT2D eigenvalue weighted by Crippen LogP contribution is 2.29. The first kappa shape index (κ1) is 26.6. The summed E-state index contributed by atoms with van der Waals surface area (Å²) < 4.78 is 6.01. The van der Waals surface area contributed by atoms with E-state index in [0.29, 0.717) is 28.5 Å². The molecule has 0 spiro atoms. The van der Waals surface area contributed by atoms with E-state index in [4.69, 9.17) is 38.2 Å². The van der Waals surface area contributed by atoms with Gasteiger partial charge in [0.25, 0.3) is 0 Å². The van der Waals surface area contributed by atoms with Gasteiger partial charge in [-0.3, -0.25) is 0 Å². The fraction of sp³-hybridized carbons (Fsp3) is 0.323. The van der Waals surface area contributed by atoms with Crippen LogP contribution in [0.1, 0.15) is 36.7 Å². The first-order valence-electron chi connectivity index (χ1n) is 13.9. The van der Waals surface area contributed by atoms with E-state index >= 15 is 0 Å². The van der Waals surface area contributed by atoms with Crippen LogP contribution in [0.4, 0.5) is 17.6 Å². The average molecular weight is 573 g/mol. The second-order valence-electron chi connectivity index (χ2n) is 10.6. The Bertz CT molecular complexity index is 1490. The number of hydrogen-bond acceptors (Lipinski definition) is 6. The number of piperidine rings is 1. The van der Waals surface area contributed by atoms with Crippen molar-refractivity contribution in [3.63, 3.8) is 0 Å². The Morgan fingerprint density at radius 2 is 1.77 bits per heavy atom. The highest BCUT2D eigenvalue weighted by molar-refractivity contribution is 7.80. The second kappa shape index (κ2) is 11.9. The summed E-state index contributed by atoms with van der Waals surface area (Å²) in [6.45, 7) is 6.50. The summed E-state index contributed by atoms with van der Waals surface area (Å²) in [4.78, 5) is 14.5. The molecule has 0 aliphatic carbocycles. The van der Waals surface area contributed by atoms with E-state index in [-0.39, 0.29) is 0 Å². The molecule has 1 saturated heterocycles. The van der Waals surface area contributed by atoms with Crippen LogP contribution < -0.4 is 20.4 Å². The number of thiocarbonyl (C=S) groups is 1. The van der Waals surface area contributed by atoms with Gasteiger partial charge in [0.15, 0.2) is 5.11 Å². The lowest BCUT2D eigenvalue weighted by molar-refractivity contribution is 0.444. The summed E-state index contributed by atoms with van der Waals surface area (Å²) >= 11 is 11.6. The summed E-state index contributed by atoms with van der Waals surface area (Å²) in [5.74, 6) is 4.56. The Labute approximate surface area is 245 Å². The van der Waals surface area contributed by atoms with Gasteiger partial charge in [-0.2, -0.15) is 9.97 Å². The van der Waals surface area contributed by atoms with E-state index in [2.05, 4.69) is 57.7 Å². The van der Waals surface area contributed by atoms with E-state index in [1.807, 2.05) is 36.4 Å². The monoisotopic (exact) mass is 572 g/mol. The van der Waals surface area contributed by atoms with Crippen LogP contribution >= 0.6 is 23.8 Å². The summed E-state index contributed by atoms with van der Waals surface area (Å²) in [5, 5.41) is 7.62. The number of hydrogen-bond donors (Lipinski definition) is 2. The van der Waals surface area contributed by atoms with Gasteiger partial charge in [0.1, 0.15) is 23.2 Å². The fourth-order valence-corrected chi connectivity index (χ4v) is 5.74. The third-order valence-electron chi connectivity index (χ3n) is 7.57. The van der Waals surface area contributed by atoms with E-state index in [0.717, 1.165) is 61.3 Å². The van der Waals surface area contributed by atoms with Gasteiger partial charge >= 0.3 is 0 Å². The highest BCUT2D eigenvalue weighted by atomic mass is 35.5. The molecule has 1 fully saturated rings. The molecule has 0 saturated carbocycles. The van der Waals surface area contributed by atoms with Crippen molar-refractivity contribution in [1.29, 1.82) is 0 Å². The Morgan fingerprint density at radius 1 is 1.00 bits per heavy atom. The van der Waals surface area contributed by atoms with E-state index in [9.17, 15) is 0 Å². The van der Waals surface area contributed by atoms with Crippen molar-refractivity contribution in [2.75, 3.05) is 34.8 Å². The van der Waals surface area contributed by atoms with Crippen molar-refractivity contribution in [3.05, 3.63) is 88.6 Å². The smallest absolute Gasteiger partial charge is 0.232 e. The van der Waals surface area contributed by atoms with Gasteiger partial charge in [0, 0.05) is 42.8 Å². The normalized spacial score (nSPS) is 16.9. The molecule has 4 aromatic rings. The minimum atomic E-state index is 0.443. The van der Waals surface area contributed by atoms with E-state index < -0.39 is 0 Å². The molecule has 1 unspecified atom stereocenters. The SMILES string of the molecule is CC1CCCN(c2cc(N3CCc4ccccc4C3)nc(NC(=S)NCc3ccc(-c4ccc(Cl)cc4)o3)n2)C1. The quantitative estimate of drug-likeness (QED) is 0.248. The van der Waals surface area contributed by atoms with Crippen molar-refractivity contribution in [2.45, 2.75) is 39.3 Å². The zero-order valence-corrected chi connectivity index (χ0v) is 24.1. The third-order valence-corrected chi connectivity index (χ3v) is 8.07. The van der Waals surface area contributed by atoms with Crippen LogP contribution in [0.25, 0.3) is 11.3 Å². The molecule has 2 N–H and O–H groups in total. The maximum Gasteiger partial charge on any atom is 0.232 e. The van der Waals surface area contributed by atoms with E-state index in [1.165, 1.54) is 24.0 Å². The lowest BCUT2D eigenvalue weighted by Gasteiger charge is -2.34.